The molecule has 0 saturated carbocycles. The summed E-state index contributed by atoms with van der Waals surface area (Å²) in [5.41, 5.74) is 6.96. The second-order valence-corrected chi connectivity index (χ2v) is 3.82. The van der Waals surface area contributed by atoms with E-state index < -0.39 is 5.91 Å². The van der Waals surface area contributed by atoms with Crippen molar-refractivity contribution in [3.63, 3.8) is 0 Å². The van der Waals surface area contributed by atoms with E-state index in [1.54, 1.807) is 24.9 Å². The van der Waals surface area contributed by atoms with Gasteiger partial charge in [-0.1, -0.05) is 0 Å². The second-order valence-electron chi connectivity index (χ2n) is 3.82. The van der Waals surface area contributed by atoms with Gasteiger partial charge in [-0.25, -0.2) is 0 Å². The van der Waals surface area contributed by atoms with Crippen molar-refractivity contribution in [1.29, 1.82) is 0 Å². The molecule has 2 rings (SSSR count). The zero-order chi connectivity index (χ0) is 12.3. The van der Waals surface area contributed by atoms with Crippen LogP contribution in [0.15, 0.2) is 35.4 Å². The second kappa shape index (κ2) is 4.73. The lowest BCUT2D eigenvalue weighted by atomic mass is 10.2. The van der Waals surface area contributed by atoms with Gasteiger partial charge in [0.25, 0.3) is 0 Å². The average Bonchev–Trinajstić information content (AvgIpc) is 2.87. The molecule has 1 amide bonds. The molecule has 1 unspecified atom stereocenters. The monoisotopic (exact) mass is 234 g/mol. The van der Waals surface area contributed by atoms with Gasteiger partial charge in [0.05, 0.1) is 30.5 Å². The van der Waals surface area contributed by atoms with Gasteiger partial charge in [-0.2, -0.15) is 5.10 Å². The Kier molecular flexibility index (Phi) is 3.13. The van der Waals surface area contributed by atoms with E-state index in [9.17, 15) is 4.79 Å². The highest BCUT2D eigenvalue weighted by Gasteiger charge is 2.08. The van der Waals surface area contributed by atoms with Crippen LogP contribution in [0.5, 0.6) is 0 Å². The Morgan fingerprint density at radius 2 is 2.53 bits per heavy atom. The van der Waals surface area contributed by atoms with Gasteiger partial charge < -0.3 is 15.5 Å². The van der Waals surface area contributed by atoms with Crippen molar-refractivity contribution in [3.8, 4) is 0 Å². The summed E-state index contributed by atoms with van der Waals surface area (Å²) in [7, 11) is 0. The number of hydrogen-bond acceptors (Lipinski definition) is 4. The van der Waals surface area contributed by atoms with Gasteiger partial charge in [0.2, 0.25) is 5.91 Å². The summed E-state index contributed by atoms with van der Waals surface area (Å²) in [5.74, 6) is -0.414. The lowest BCUT2D eigenvalue weighted by Gasteiger charge is -2.10. The number of hydrogen-bond donors (Lipinski definition) is 2. The summed E-state index contributed by atoms with van der Waals surface area (Å²) in [4.78, 5) is 10.7. The summed E-state index contributed by atoms with van der Waals surface area (Å²) >= 11 is 0. The van der Waals surface area contributed by atoms with Crippen molar-refractivity contribution in [2.24, 2.45) is 5.73 Å². The number of aromatic nitrogens is 2. The predicted octanol–water partition coefficient (Wildman–Crippen LogP) is 1.13. The quantitative estimate of drug-likeness (QED) is 0.812. The molecule has 0 aliphatic heterocycles. The summed E-state index contributed by atoms with van der Waals surface area (Å²) in [6, 6.07) is 2.01. The Morgan fingerprint density at radius 1 is 1.71 bits per heavy atom. The predicted molar refractivity (Wildman–Crippen MR) is 62.2 cm³/mol. The van der Waals surface area contributed by atoms with Crippen LogP contribution < -0.4 is 11.1 Å². The number of carbonyl (C=O) groups excluding carboxylic acids is 1. The number of furan rings is 1. The Morgan fingerprint density at radius 3 is 3.18 bits per heavy atom. The highest BCUT2D eigenvalue weighted by atomic mass is 16.3. The highest BCUT2D eigenvalue weighted by molar-refractivity contribution is 5.73. The van der Waals surface area contributed by atoms with Crippen LogP contribution in [0.2, 0.25) is 0 Å². The van der Waals surface area contributed by atoms with Crippen LogP contribution in [0.4, 0.5) is 5.69 Å². The van der Waals surface area contributed by atoms with Gasteiger partial charge in [-0.05, 0) is 13.0 Å². The normalized spacial score (nSPS) is 12.3. The molecule has 6 heteroatoms. The first kappa shape index (κ1) is 11.3. The molecule has 0 fully saturated rings. The van der Waals surface area contributed by atoms with Crippen molar-refractivity contribution in [2.75, 3.05) is 5.32 Å². The summed E-state index contributed by atoms with van der Waals surface area (Å²) in [5, 5.41) is 7.26. The van der Waals surface area contributed by atoms with Crippen LogP contribution >= 0.6 is 0 Å². The van der Waals surface area contributed by atoms with E-state index in [-0.39, 0.29) is 12.6 Å². The molecule has 0 bridgehead atoms. The molecule has 0 aliphatic carbocycles. The molecule has 0 aliphatic rings. The number of nitrogens with one attached hydrogen (secondary N) is 1. The van der Waals surface area contributed by atoms with Crippen LogP contribution in [-0.2, 0) is 11.3 Å². The van der Waals surface area contributed by atoms with Gasteiger partial charge in [0.15, 0.2) is 0 Å². The molecule has 2 aromatic heterocycles. The summed E-state index contributed by atoms with van der Waals surface area (Å²) < 4.78 is 6.50. The van der Waals surface area contributed by atoms with Crippen LogP contribution in [0.25, 0.3) is 0 Å². The van der Waals surface area contributed by atoms with Gasteiger partial charge in [-0.15, -0.1) is 0 Å². The number of amides is 1. The number of nitrogens with two attached hydrogens (primary N) is 1. The van der Waals surface area contributed by atoms with Gasteiger partial charge >= 0.3 is 0 Å². The molecule has 0 radical (unpaired) electrons. The average molecular weight is 234 g/mol. The zero-order valence-corrected chi connectivity index (χ0v) is 9.46. The molecule has 0 spiro atoms. The standard InChI is InChI=1S/C11H14N4O2/c1-8(9-2-3-17-7-9)14-10-4-13-15(5-10)6-11(12)16/h2-5,7-8,14H,6H2,1H3,(H2,12,16). The largest absolute Gasteiger partial charge is 0.472 e. The number of carbonyl (C=O) groups is 1. The van der Waals surface area contributed by atoms with Crippen molar-refractivity contribution < 1.29 is 9.21 Å². The van der Waals surface area contributed by atoms with Crippen molar-refractivity contribution >= 4 is 11.6 Å². The lowest BCUT2D eigenvalue weighted by molar-refractivity contribution is -0.118. The van der Waals surface area contributed by atoms with E-state index in [1.807, 2.05) is 13.0 Å². The molecule has 3 N–H and O–H groups in total. The number of nitrogens with zero attached hydrogens (tertiary/aromatic N) is 2. The maximum absolute atomic E-state index is 10.7. The third-order valence-corrected chi connectivity index (χ3v) is 2.38. The van der Waals surface area contributed by atoms with E-state index in [0.29, 0.717) is 0 Å². The minimum absolute atomic E-state index is 0.0851. The molecule has 90 valence electrons. The van der Waals surface area contributed by atoms with Crippen molar-refractivity contribution in [3.05, 3.63) is 36.5 Å². The van der Waals surface area contributed by atoms with Gasteiger partial charge in [0.1, 0.15) is 6.54 Å². The Hall–Kier alpha value is -2.24. The highest BCUT2D eigenvalue weighted by Crippen LogP contribution is 2.18. The lowest BCUT2D eigenvalue weighted by Crippen LogP contribution is -2.18. The maximum Gasteiger partial charge on any atom is 0.239 e. The summed E-state index contributed by atoms with van der Waals surface area (Å²) in [6.45, 7) is 2.10. The first-order valence-electron chi connectivity index (χ1n) is 5.24. The Bertz CT molecular complexity index is 489. The Labute approximate surface area is 98.4 Å². The van der Waals surface area contributed by atoms with E-state index in [1.165, 1.54) is 4.68 Å². The molecule has 0 aromatic carbocycles. The van der Waals surface area contributed by atoms with Gasteiger partial charge in [0, 0.05) is 11.8 Å². The maximum atomic E-state index is 10.7. The fraction of sp³-hybridized carbons (Fsp3) is 0.273. The van der Waals surface area contributed by atoms with Crippen LogP contribution in [0, 0.1) is 0 Å². The topological polar surface area (TPSA) is 86.1 Å². The zero-order valence-electron chi connectivity index (χ0n) is 9.46. The number of rotatable bonds is 5. The molecule has 2 heterocycles. The first-order valence-corrected chi connectivity index (χ1v) is 5.24. The van der Waals surface area contributed by atoms with E-state index in [0.717, 1.165) is 11.3 Å². The molecule has 1 atom stereocenters. The number of primary amides is 1. The Balaban J connectivity index is 1.99. The van der Waals surface area contributed by atoms with Crippen LogP contribution in [0.1, 0.15) is 18.5 Å². The fourth-order valence-electron chi connectivity index (χ4n) is 1.54. The fourth-order valence-corrected chi connectivity index (χ4v) is 1.54. The van der Waals surface area contributed by atoms with Crippen molar-refractivity contribution in [2.45, 2.75) is 19.5 Å². The minimum atomic E-state index is -0.414. The third kappa shape index (κ3) is 2.87. The molecular weight excluding hydrogens is 220 g/mol. The van der Waals surface area contributed by atoms with E-state index in [4.69, 9.17) is 10.2 Å². The first-order chi connectivity index (χ1) is 8.15. The molecule has 2 aromatic rings. The minimum Gasteiger partial charge on any atom is -0.472 e. The van der Waals surface area contributed by atoms with E-state index >= 15 is 0 Å². The van der Waals surface area contributed by atoms with Crippen molar-refractivity contribution in [1.82, 2.24) is 9.78 Å². The third-order valence-electron chi connectivity index (χ3n) is 2.38. The van der Waals surface area contributed by atoms with Crippen LogP contribution in [-0.4, -0.2) is 15.7 Å². The SMILES string of the molecule is CC(Nc1cnn(CC(N)=O)c1)c1ccoc1. The summed E-state index contributed by atoms with van der Waals surface area (Å²) in [6.07, 6.45) is 6.70. The van der Waals surface area contributed by atoms with E-state index in [2.05, 4.69) is 10.4 Å². The van der Waals surface area contributed by atoms with Gasteiger partial charge in [-0.3, -0.25) is 9.48 Å². The smallest absolute Gasteiger partial charge is 0.239 e. The number of anilines is 1. The van der Waals surface area contributed by atoms with Crippen LogP contribution in [0.3, 0.4) is 0 Å². The molecule has 17 heavy (non-hydrogen) atoms. The molecule has 6 nitrogen and oxygen atoms in total. The molecule has 0 saturated heterocycles. The molecular formula is C11H14N4O2.